The molecule has 4 heteroatoms. The van der Waals surface area contributed by atoms with Gasteiger partial charge in [0.05, 0.1) is 12.5 Å². The van der Waals surface area contributed by atoms with Gasteiger partial charge in [0.15, 0.2) is 5.76 Å². The van der Waals surface area contributed by atoms with E-state index in [9.17, 15) is 4.79 Å². The van der Waals surface area contributed by atoms with Gasteiger partial charge in [-0.3, -0.25) is 4.79 Å². The highest BCUT2D eigenvalue weighted by Gasteiger charge is 2.61. The van der Waals surface area contributed by atoms with Gasteiger partial charge in [0.2, 0.25) is 0 Å². The Labute approximate surface area is 89.2 Å². The molecule has 0 bridgehead atoms. The molecule has 0 heterocycles. The third-order valence-corrected chi connectivity index (χ3v) is 2.92. The SMILES string of the molecule is CCOC(C#N)=C[C@H]1[C@@H](C(=O)O)C1(C)C. The molecule has 1 saturated carbocycles. The van der Waals surface area contributed by atoms with Crippen LogP contribution in [-0.4, -0.2) is 17.7 Å². The fourth-order valence-corrected chi connectivity index (χ4v) is 1.90. The number of nitrogens with zero attached hydrogens (tertiary/aromatic N) is 1. The minimum absolute atomic E-state index is 0.101. The van der Waals surface area contributed by atoms with Crippen LogP contribution in [0.15, 0.2) is 11.8 Å². The normalized spacial score (nSPS) is 28.0. The zero-order valence-electron chi connectivity index (χ0n) is 9.15. The summed E-state index contributed by atoms with van der Waals surface area (Å²) >= 11 is 0. The molecule has 4 nitrogen and oxygen atoms in total. The summed E-state index contributed by atoms with van der Waals surface area (Å²) in [5.74, 6) is -1.09. The molecule has 0 aliphatic heterocycles. The van der Waals surface area contributed by atoms with Crippen LogP contribution in [0.25, 0.3) is 0 Å². The van der Waals surface area contributed by atoms with Crippen LogP contribution in [0.3, 0.4) is 0 Å². The van der Waals surface area contributed by atoms with E-state index >= 15 is 0 Å². The Hall–Kier alpha value is -1.50. The minimum atomic E-state index is -0.810. The summed E-state index contributed by atoms with van der Waals surface area (Å²) < 4.78 is 5.07. The largest absolute Gasteiger partial charge is 0.484 e. The molecule has 0 amide bonds. The molecule has 0 aromatic carbocycles. The van der Waals surface area contributed by atoms with Crippen LogP contribution in [0.5, 0.6) is 0 Å². The molecule has 2 atom stereocenters. The van der Waals surface area contributed by atoms with Crippen molar-refractivity contribution in [2.24, 2.45) is 17.3 Å². The first-order valence-corrected chi connectivity index (χ1v) is 4.92. The topological polar surface area (TPSA) is 70.3 Å². The van der Waals surface area contributed by atoms with Crippen LogP contribution in [0.1, 0.15) is 20.8 Å². The Bertz CT molecular complexity index is 338. The average molecular weight is 209 g/mol. The van der Waals surface area contributed by atoms with Gasteiger partial charge < -0.3 is 9.84 Å². The van der Waals surface area contributed by atoms with Gasteiger partial charge in [-0.05, 0) is 18.4 Å². The van der Waals surface area contributed by atoms with Crippen LogP contribution >= 0.6 is 0 Å². The second kappa shape index (κ2) is 3.93. The molecule has 0 unspecified atom stereocenters. The van der Waals surface area contributed by atoms with E-state index in [0.717, 1.165) is 0 Å². The van der Waals surface area contributed by atoms with Crippen molar-refractivity contribution < 1.29 is 14.6 Å². The quantitative estimate of drug-likeness (QED) is 0.566. The summed E-state index contributed by atoms with van der Waals surface area (Å²) in [5, 5.41) is 17.7. The number of aliphatic carboxylic acids is 1. The molecule has 15 heavy (non-hydrogen) atoms. The Morgan fingerprint density at radius 2 is 2.27 bits per heavy atom. The summed E-state index contributed by atoms with van der Waals surface area (Å²) in [4.78, 5) is 10.9. The van der Waals surface area contributed by atoms with Crippen molar-refractivity contribution in [3.05, 3.63) is 11.8 Å². The number of hydrogen-bond acceptors (Lipinski definition) is 3. The number of carbonyl (C=O) groups is 1. The second-order valence-corrected chi connectivity index (χ2v) is 4.24. The lowest BCUT2D eigenvalue weighted by atomic mass is 10.1. The van der Waals surface area contributed by atoms with Gasteiger partial charge in [-0.2, -0.15) is 5.26 Å². The van der Waals surface area contributed by atoms with Crippen molar-refractivity contribution >= 4 is 5.97 Å². The van der Waals surface area contributed by atoms with Gasteiger partial charge in [-0.1, -0.05) is 13.8 Å². The molecular weight excluding hydrogens is 194 g/mol. The lowest BCUT2D eigenvalue weighted by Crippen LogP contribution is -2.03. The van der Waals surface area contributed by atoms with Crippen LogP contribution in [0.2, 0.25) is 0 Å². The first-order valence-electron chi connectivity index (χ1n) is 4.92. The molecule has 82 valence electrons. The van der Waals surface area contributed by atoms with Crippen molar-refractivity contribution in [3.8, 4) is 6.07 Å². The first-order chi connectivity index (χ1) is 6.95. The third-order valence-electron chi connectivity index (χ3n) is 2.92. The zero-order valence-corrected chi connectivity index (χ0v) is 9.15. The third kappa shape index (κ3) is 2.12. The summed E-state index contributed by atoms with van der Waals surface area (Å²) in [6, 6.07) is 1.92. The van der Waals surface area contributed by atoms with E-state index in [1.54, 1.807) is 13.0 Å². The van der Waals surface area contributed by atoms with Gasteiger partial charge in [-0.25, -0.2) is 0 Å². The minimum Gasteiger partial charge on any atom is -0.484 e. The summed E-state index contributed by atoms with van der Waals surface area (Å²) in [6.07, 6.45) is 1.63. The molecule has 1 fully saturated rings. The fourth-order valence-electron chi connectivity index (χ4n) is 1.90. The lowest BCUT2D eigenvalue weighted by molar-refractivity contribution is -0.139. The van der Waals surface area contributed by atoms with E-state index in [4.69, 9.17) is 15.1 Å². The van der Waals surface area contributed by atoms with Crippen LogP contribution in [0, 0.1) is 28.6 Å². The molecule has 0 aromatic rings. The highest BCUT2D eigenvalue weighted by Crippen LogP contribution is 2.59. The van der Waals surface area contributed by atoms with E-state index in [-0.39, 0.29) is 17.1 Å². The zero-order chi connectivity index (χ0) is 11.6. The molecule has 0 saturated heterocycles. The van der Waals surface area contributed by atoms with Gasteiger partial charge >= 0.3 is 5.97 Å². The van der Waals surface area contributed by atoms with E-state index in [0.29, 0.717) is 6.61 Å². The predicted molar refractivity (Wildman–Crippen MR) is 53.7 cm³/mol. The Morgan fingerprint density at radius 1 is 1.67 bits per heavy atom. The molecule has 1 aliphatic rings. The molecule has 1 aliphatic carbocycles. The predicted octanol–water partition coefficient (Wildman–Crippen LogP) is 1.79. The summed E-state index contributed by atoms with van der Waals surface area (Å²) in [7, 11) is 0. The second-order valence-electron chi connectivity index (χ2n) is 4.24. The molecule has 1 rings (SSSR count). The molecule has 1 N–H and O–H groups in total. The van der Waals surface area contributed by atoms with Crippen molar-refractivity contribution in [2.75, 3.05) is 6.61 Å². The van der Waals surface area contributed by atoms with Gasteiger partial charge in [0, 0.05) is 5.92 Å². The number of allylic oxidation sites excluding steroid dienone is 2. The van der Waals surface area contributed by atoms with Crippen molar-refractivity contribution in [1.29, 1.82) is 5.26 Å². The van der Waals surface area contributed by atoms with E-state index in [1.807, 2.05) is 19.9 Å². The number of hydrogen-bond donors (Lipinski definition) is 1. The maximum Gasteiger partial charge on any atom is 0.307 e. The van der Waals surface area contributed by atoms with Crippen molar-refractivity contribution in [1.82, 2.24) is 0 Å². The Kier molecular flexibility index (Phi) is 3.04. The monoisotopic (exact) mass is 209 g/mol. The van der Waals surface area contributed by atoms with Gasteiger partial charge in [-0.15, -0.1) is 0 Å². The maximum atomic E-state index is 10.9. The maximum absolute atomic E-state index is 10.9. The Balaban J connectivity index is 2.76. The van der Waals surface area contributed by atoms with E-state index in [1.165, 1.54) is 0 Å². The first kappa shape index (κ1) is 11.6. The summed E-state index contributed by atoms with van der Waals surface area (Å²) in [6.45, 7) is 5.98. The van der Waals surface area contributed by atoms with Crippen LogP contribution in [0.4, 0.5) is 0 Å². The molecular formula is C11H15NO3. The highest BCUT2D eigenvalue weighted by molar-refractivity contribution is 5.76. The number of carboxylic acids is 1. The van der Waals surface area contributed by atoms with Gasteiger partial charge in [0.25, 0.3) is 0 Å². The number of ether oxygens (including phenoxy) is 1. The van der Waals surface area contributed by atoms with Crippen molar-refractivity contribution in [3.63, 3.8) is 0 Å². The fraction of sp³-hybridized carbons (Fsp3) is 0.636. The standard InChI is InChI=1S/C11H15NO3/c1-4-15-7(6-12)5-8-9(10(13)14)11(8,2)3/h5,8-9H,4H2,1-3H3,(H,13,14)/t8-,9-/m0/s1. The van der Waals surface area contributed by atoms with E-state index < -0.39 is 11.9 Å². The number of nitriles is 1. The smallest absolute Gasteiger partial charge is 0.307 e. The van der Waals surface area contributed by atoms with Crippen LogP contribution < -0.4 is 0 Å². The lowest BCUT2D eigenvalue weighted by Gasteiger charge is -2.00. The van der Waals surface area contributed by atoms with Crippen LogP contribution in [-0.2, 0) is 9.53 Å². The van der Waals surface area contributed by atoms with E-state index in [2.05, 4.69) is 0 Å². The highest BCUT2D eigenvalue weighted by atomic mass is 16.5. The summed E-state index contributed by atoms with van der Waals surface area (Å²) in [5.41, 5.74) is -0.273. The molecule has 0 spiro atoms. The Morgan fingerprint density at radius 3 is 2.60 bits per heavy atom. The van der Waals surface area contributed by atoms with Crippen molar-refractivity contribution in [2.45, 2.75) is 20.8 Å². The molecule has 0 aromatic heterocycles. The average Bonchev–Trinajstić information content (AvgIpc) is 2.67. The molecule has 0 radical (unpaired) electrons. The number of carboxylic acid groups (broad SMARTS) is 1. The number of rotatable bonds is 4. The van der Waals surface area contributed by atoms with Gasteiger partial charge in [0.1, 0.15) is 6.07 Å².